The van der Waals surface area contributed by atoms with Crippen LogP contribution in [0.2, 0.25) is 0 Å². The molecule has 142 valence electrons. The molecule has 1 N–H and O–H groups in total. The van der Waals surface area contributed by atoms with Gasteiger partial charge in [0.15, 0.2) is 0 Å². The minimum absolute atomic E-state index is 0.000886. The van der Waals surface area contributed by atoms with Gasteiger partial charge in [0.1, 0.15) is 11.4 Å². The molecule has 0 saturated carbocycles. The number of carboxylic acid groups (broad SMARTS) is 1. The van der Waals surface area contributed by atoms with Gasteiger partial charge in [0.05, 0.1) is 0 Å². The Balaban J connectivity index is 1.94. The van der Waals surface area contributed by atoms with Crippen LogP contribution in [0.1, 0.15) is 53.2 Å². The van der Waals surface area contributed by atoms with Crippen LogP contribution in [0.4, 0.5) is 0 Å². The van der Waals surface area contributed by atoms with Crippen LogP contribution in [0.5, 0.6) is 0 Å². The van der Waals surface area contributed by atoms with E-state index in [1.165, 1.54) is 16.7 Å². The number of carbonyl (C=O) groups is 2. The molecule has 0 bridgehead atoms. The lowest BCUT2D eigenvalue weighted by molar-refractivity contribution is -0.141. The van der Waals surface area contributed by atoms with E-state index in [2.05, 4.69) is 20.8 Å². The molecule has 4 nitrogen and oxygen atoms in total. The van der Waals surface area contributed by atoms with Crippen molar-refractivity contribution in [1.29, 1.82) is 0 Å². The number of thioether (sulfide) groups is 1. The molecule has 2 unspecified atom stereocenters. The highest BCUT2D eigenvalue weighted by Crippen LogP contribution is 2.42. The first-order valence-corrected chi connectivity index (χ1v) is 10.1. The SMILES string of the molecule is Cc1ccc(C2SCC(C(=O)O)N2C(=O)c2ccc(C(C)(C)C)cc2)cc1. The van der Waals surface area contributed by atoms with Gasteiger partial charge in [-0.05, 0) is 35.6 Å². The normalized spacial score (nSPS) is 19.9. The summed E-state index contributed by atoms with van der Waals surface area (Å²) >= 11 is 1.50. The highest BCUT2D eigenvalue weighted by Gasteiger charge is 2.42. The summed E-state index contributed by atoms with van der Waals surface area (Å²) in [6.45, 7) is 8.36. The third-order valence-corrected chi connectivity index (χ3v) is 6.20. The molecule has 3 rings (SSSR count). The van der Waals surface area contributed by atoms with Gasteiger partial charge < -0.3 is 10.0 Å². The fourth-order valence-corrected chi connectivity index (χ4v) is 4.62. The molecule has 1 heterocycles. The maximum absolute atomic E-state index is 13.2. The van der Waals surface area contributed by atoms with E-state index in [-0.39, 0.29) is 16.7 Å². The van der Waals surface area contributed by atoms with Crippen LogP contribution in [0, 0.1) is 6.92 Å². The second kappa shape index (κ2) is 7.39. The maximum atomic E-state index is 13.2. The minimum atomic E-state index is -0.961. The number of rotatable bonds is 3. The van der Waals surface area contributed by atoms with E-state index in [0.29, 0.717) is 11.3 Å². The van der Waals surface area contributed by atoms with Crippen molar-refractivity contribution in [2.45, 2.75) is 44.5 Å². The van der Waals surface area contributed by atoms with Crippen molar-refractivity contribution >= 4 is 23.6 Å². The lowest BCUT2D eigenvalue weighted by Crippen LogP contribution is -2.43. The standard InChI is InChI=1S/C22H25NO3S/c1-14-5-7-16(8-6-14)20-23(18(13-27-20)21(25)26)19(24)15-9-11-17(12-10-15)22(2,3)4/h5-12,18,20H,13H2,1-4H3,(H,25,26). The van der Waals surface area contributed by atoms with Gasteiger partial charge in [-0.2, -0.15) is 0 Å². The molecule has 0 aromatic heterocycles. The quantitative estimate of drug-likeness (QED) is 0.839. The van der Waals surface area contributed by atoms with E-state index < -0.39 is 12.0 Å². The molecule has 1 fully saturated rings. The van der Waals surface area contributed by atoms with Crippen molar-refractivity contribution in [3.05, 3.63) is 70.8 Å². The van der Waals surface area contributed by atoms with Crippen molar-refractivity contribution < 1.29 is 14.7 Å². The van der Waals surface area contributed by atoms with Gasteiger partial charge >= 0.3 is 5.97 Å². The van der Waals surface area contributed by atoms with Crippen molar-refractivity contribution in [2.24, 2.45) is 0 Å². The predicted octanol–water partition coefficient (Wildman–Crippen LogP) is 4.63. The van der Waals surface area contributed by atoms with E-state index in [0.717, 1.165) is 16.7 Å². The zero-order chi connectivity index (χ0) is 19.8. The highest BCUT2D eigenvalue weighted by atomic mass is 32.2. The summed E-state index contributed by atoms with van der Waals surface area (Å²) in [5, 5.41) is 9.34. The number of carbonyl (C=O) groups excluding carboxylic acids is 1. The molecule has 1 saturated heterocycles. The van der Waals surface area contributed by atoms with Crippen LogP contribution in [0.15, 0.2) is 48.5 Å². The summed E-state index contributed by atoms with van der Waals surface area (Å²) in [5.74, 6) is -0.810. The van der Waals surface area contributed by atoms with Crippen molar-refractivity contribution in [2.75, 3.05) is 5.75 Å². The van der Waals surface area contributed by atoms with Crippen LogP contribution >= 0.6 is 11.8 Å². The Morgan fingerprint density at radius 1 is 1.04 bits per heavy atom. The van der Waals surface area contributed by atoms with E-state index >= 15 is 0 Å². The number of nitrogens with zero attached hydrogens (tertiary/aromatic N) is 1. The maximum Gasteiger partial charge on any atom is 0.327 e. The summed E-state index contributed by atoms with van der Waals surface area (Å²) in [6, 6.07) is 14.6. The van der Waals surface area contributed by atoms with Crippen LogP contribution in [-0.2, 0) is 10.2 Å². The van der Waals surface area contributed by atoms with E-state index in [1.807, 2.05) is 43.3 Å². The topological polar surface area (TPSA) is 57.6 Å². The van der Waals surface area contributed by atoms with Crippen LogP contribution < -0.4 is 0 Å². The molecule has 0 spiro atoms. The first-order valence-electron chi connectivity index (χ1n) is 9.02. The Morgan fingerprint density at radius 3 is 2.15 bits per heavy atom. The van der Waals surface area contributed by atoms with Crippen molar-refractivity contribution in [3.8, 4) is 0 Å². The third-order valence-electron chi connectivity index (χ3n) is 4.88. The average molecular weight is 384 g/mol. The second-order valence-electron chi connectivity index (χ2n) is 7.99. The molecule has 1 aliphatic rings. The van der Waals surface area contributed by atoms with Crippen molar-refractivity contribution in [3.63, 3.8) is 0 Å². The number of hydrogen-bond acceptors (Lipinski definition) is 3. The van der Waals surface area contributed by atoms with Gasteiger partial charge in [-0.1, -0.05) is 62.7 Å². The van der Waals surface area contributed by atoms with Gasteiger partial charge in [0, 0.05) is 11.3 Å². The zero-order valence-corrected chi connectivity index (χ0v) is 16.9. The third kappa shape index (κ3) is 4.03. The monoisotopic (exact) mass is 383 g/mol. The molecule has 0 radical (unpaired) electrons. The molecule has 2 atom stereocenters. The fourth-order valence-electron chi connectivity index (χ4n) is 3.19. The lowest BCUT2D eigenvalue weighted by Gasteiger charge is -2.28. The summed E-state index contributed by atoms with van der Waals surface area (Å²) in [4.78, 5) is 26.5. The Labute approximate surface area is 164 Å². The summed E-state index contributed by atoms with van der Waals surface area (Å²) in [7, 11) is 0. The van der Waals surface area contributed by atoms with E-state index in [9.17, 15) is 14.7 Å². The Kier molecular flexibility index (Phi) is 5.33. The second-order valence-corrected chi connectivity index (χ2v) is 9.10. The fraction of sp³-hybridized carbons (Fsp3) is 0.364. The highest BCUT2D eigenvalue weighted by molar-refractivity contribution is 7.99. The Hall–Kier alpha value is -2.27. The molecule has 1 aliphatic heterocycles. The number of hydrogen-bond donors (Lipinski definition) is 1. The minimum Gasteiger partial charge on any atom is -0.480 e. The van der Waals surface area contributed by atoms with Crippen LogP contribution in [-0.4, -0.2) is 33.7 Å². The van der Waals surface area contributed by atoms with Gasteiger partial charge in [-0.15, -0.1) is 11.8 Å². The molecular formula is C22H25NO3S. The molecule has 2 aromatic rings. The lowest BCUT2D eigenvalue weighted by atomic mass is 9.86. The van der Waals surface area contributed by atoms with Gasteiger partial charge in [0.25, 0.3) is 5.91 Å². The Morgan fingerprint density at radius 2 is 1.63 bits per heavy atom. The van der Waals surface area contributed by atoms with Crippen molar-refractivity contribution in [1.82, 2.24) is 4.90 Å². The first kappa shape index (κ1) is 19.5. The first-order chi connectivity index (χ1) is 12.7. The molecule has 0 aliphatic carbocycles. The van der Waals surface area contributed by atoms with Gasteiger partial charge in [-0.3, -0.25) is 4.79 Å². The van der Waals surface area contributed by atoms with Gasteiger partial charge in [-0.25, -0.2) is 4.79 Å². The molecule has 1 amide bonds. The summed E-state index contributed by atoms with van der Waals surface area (Å²) in [5.41, 5.74) is 3.74. The van der Waals surface area contributed by atoms with Gasteiger partial charge in [0.2, 0.25) is 0 Å². The smallest absolute Gasteiger partial charge is 0.327 e. The number of aliphatic carboxylic acids is 1. The summed E-state index contributed by atoms with van der Waals surface area (Å²) in [6.07, 6.45) is 0. The zero-order valence-electron chi connectivity index (χ0n) is 16.1. The molecule has 27 heavy (non-hydrogen) atoms. The largest absolute Gasteiger partial charge is 0.480 e. The number of aryl methyl sites for hydroxylation is 1. The average Bonchev–Trinajstić information content (AvgIpc) is 3.06. The predicted molar refractivity (Wildman–Crippen MR) is 109 cm³/mol. The number of carboxylic acids is 1. The molecule has 2 aromatic carbocycles. The van der Waals surface area contributed by atoms with E-state index in [4.69, 9.17) is 0 Å². The van der Waals surface area contributed by atoms with Crippen LogP contribution in [0.25, 0.3) is 0 Å². The summed E-state index contributed by atoms with van der Waals surface area (Å²) < 4.78 is 0. The molecule has 5 heteroatoms. The number of benzene rings is 2. The molecular weight excluding hydrogens is 358 g/mol. The number of amides is 1. The van der Waals surface area contributed by atoms with Crippen LogP contribution in [0.3, 0.4) is 0 Å². The Bertz CT molecular complexity index is 837. The van der Waals surface area contributed by atoms with E-state index in [1.54, 1.807) is 12.1 Å².